The zero-order valence-electron chi connectivity index (χ0n) is 10.9. The molecule has 0 N–H and O–H groups in total. The van der Waals surface area contributed by atoms with Crippen molar-refractivity contribution in [3.63, 3.8) is 0 Å². The molecule has 0 aliphatic rings. The third-order valence-electron chi connectivity index (χ3n) is 2.72. The smallest absolute Gasteiger partial charge is 0.244 e. The Bertz CT molecular complexity index is 625. The first kappa shape index (κ1) is 16.1. The van der Waals surface area contributed by atoms with E-state index in [9.17, 15) is 26.3 Å². The van der Waals surface area contributed by atoms with Gasteiger partial charge in [-0.2, -0.15) is 26.3 Å². The summed E-state index contributed by atoms with van der Waals surface area (Å²) in [5.74, 6) is 0. The topological polar surface area (TPSA) is 12.9 Å². The minimum Gasteiger partial charge on any atom is -0.244 e. The van der Waals surface area contributed by atoms with Crippen molar-refractivity contribution in [1.82, 2.24) is 4.98 Å². The lowest BCUT2D eigenvalue weighted by atomic mass is 10.1. The van der Waals surface area contributed by atoms with Crippen molar-refractivity contribution < 1.29 is 26.3 Å². The molecule has 0 spiro atoms. The predicted molar refractivity (Wildman–Crippen MR) is 69.6 cm³/mol. The van der Waals surface area contributed by atoms with Crippen LogP contribution in [0.5, 0.6) is 0 Å². The van der Waals surface area contributed by atoms with Gasteiger partial charge in [-0.25, -0.2) is 4.98 Å². The van der Waals surface area contributed by atoms with Crippen molar-refractivity contribution in [1.29, 1.82) is 0 Å². The first-order chi connectivity index (χ1) is 10.2. The molecule has 0 saturated carbocycles. The van der Waals surface area contributed by atoms with Gasteiger partial charge >= 0.3 is 12.4 Å². The zero-order chi connectivity index (χ0) is 16.4. The van der Waals surface area contributed by atoms with E-state index in [4.69, 9.17) is 0 Å². The molecule has 0 atom stereocenters. The fourth-order valence-corrected chi connectivity index (χ4v) is 1.70. The molecule has 0 fully saturated rings. The molecule has 0 aliphatic carbocycles. The SMILES string of the molecule is FC(F)(F)c1cccc(/C=C/c2cccc(C(F)(F)F)n2)c1. The minimum atomic E-state index is -4.57. The van der Waals surface area contributed by atoms with Crippen LogP contribution >= 0.6 is 0 Å². The highest BCUT2D eigenvalue weighted by Crippen LogP contribution is 2.30. The predicted octanol–water partition coefficient (Wildman–Crippen LogP) is 5.29. The Morgan fingerprint density at radius 2 is 1.45 bits per heavy atom. The Balaban J connectivity index is 2.26. The molecule has 1 heterocycles. The molecular formula is C15H9F6N. The zero-order valence-corrected chi connectivity index (χ0v) is 10.9. The number of halogens is 6. The standard InChI is InChI=1S/C15H9F6N/c16-14(17,18)11-4-1-3-10(9-11)7-8-12-5-2-6-13(22-12)15(19,20)21/h1-9H/b8-7+. The van der Waals surface area contributed by atoms with Crippen LogP contribution in [0.15, 0.2) is 42.5 Å². The average Bonchev–Trinajstić information content (AvgIpc) is 2.44. The number of benzene rings is 1. The lowest BCUT2D eigenvalue weighted by Gasteiger charge is -2.07. The van der Waals surface area contributed by atoms with Gasteiger partial charge in [-0.3, -0.25) is 0 Å². The highest BCUT2D eigenvalue weighted by Gasteiger charge is 2.32. The second-order valence-corrected chi connectivity index (χ2v) is 4.40. The van der Waals surface area contributed by atoms with Crippen molar-refractivity contribution in [2.45, 2.75) is 12.4 Å². The average molecular weight is 317 g/mol. The van der Waals surface area contributed by atoms with Gasteiger partial charge in [-0.15, -0.1) is 0 Å². The monoisotopic (exact) mass is 317 g/mol. The van der Waals surface area contributed by atoms with Crippen molar-refractivity contribution in [3.8, 4) is 0 Å². The lowest BCUT2D eigenvalue weighted by Crippen LogP contribution is -2.07. The van der Waals surface area contributed by atoms with Crippen molar-refractivity contribution in [2.24, 2.45) is 0 Å². The number of aromatic nitrogens is 1. The molecule has 2 rings (SSSR count). The summed E-state index contributed by atoms with van der Waals surface area (Å²) in [5.41, 5.74) is -1.66. The summed E-state index contributed by atoms with van der Waals surface area (Å²) in [6, 6.07) is 7.80. The number of nitrogens with zero attached hydrogens (tertiary/aromatic N) is 1. The van der Waals surface area contributed by atoms with Gasteiger partial charge in [0.15, 0.2) is 0 Å². The van der Waals surface area contributed by atoms with Gasteiger partial charge in [0, 0.05) is 0 Å². The number of pyridine rings is 1. The van der Waals surface area contributed by atoms with Crippen LogP contribution in [0.4, 0.5) is 26.3 Å². The van der Waals surface area contributed by atoms with Crippen LogP contribution in [-0.2, 0) is 12.4 Å². The van der Waals surface area contributed by atoms with Crippen LogP contribution in [0.1, 0.15) is 22.5 Å². The third kappa shape index (κ3) is 4.09. The summed E-state index contributed by atoms with van der Waals surface area (Å²) in [4.78, 5) is 3.40. The molecule has 116 valence electrons. The van der Waals surface area contributed by atoms with Crippen LogP contribution in [0.25, 0.3) is 12.2 Å². The molecule has 1 aromatic heterocycles. The number of hydrogen-bond acceptors (Lipinski definition) is 1. The lowest BCUT2D eigenvalue weighted by molar-refractivity contribution is -0.141. The normalized spacial score (nSPS) is 12.8. The molecule has 0 bridgehead atoms. The van der Waals surface area contributed by atoms with E-state index in [1.54, 1.807) is 0 Å². The van der Waals surface area contributed by atoms with E-state index in [1.807, 2.05) is 0 Å². The van der Waals surface area contributed by atoms with Gasteiger partial charge in [0.1, 0.15) is 5.69 Å². The van der Waals surface area contributed by atoms with E-state index < -0.39 is 23.6 Å². The van der Waals surface area contributed by atoms with E-state index >= 15 is 0 Å². The van der Waals surface area contributed by atoms with Gasteiger partial charge in [0.25, 0.3) is 0 Å². The fourth-order valence-electron chi connectivity index (χ4n) is 1.70. The fraction of sp³-hybridized carbons (Fsp3) is 0.133. The molecule has 1 aromatic carbocycles. The summed E-state index contributed by atoms with van der Waals surface area (Å²) < 4.78 is 75.2. The Morgan fingerprint density at radius 3 is 2.09 bits per heavy atom. The van der Waals surface area contributed by atoms with Crippen molar-refractivity contribution in [2.75, 3.05) is 0 Å². The number of rotatable bonds is 2. The van der Waals surface area contributed by atoms with Crippen molar-refractivity contribution in [3.05, 3.63) is 65.0 Å². The third-order valence-corrected chi connectivity index (χ3v) is 2.72. The molecule has 2 aromatic rings. The van der Waals surface area contributed by atoms with Crippen LogP contribution in [0.3, 0.4) is 0 Å². The molecular weight excluding hydrogens is 308 g/mol. The molecule has 7 heteroatoms. The highest BCUT2D eigenvalue weighted by atomic mass is 19.4. The summed E-state index contributed by atoms with van der Waals surface area (Å²) in [7, 11) is 0. The summed E-state index contributed by atoms with van der Waals surface area (Å²) in [6.07, 6.45) is -6.54. The maximum Gasteiger partial charge on any atom is 0.433 e. The van der Waals surface area contributed by atoms with Gasteiger partial charge < -0.3 is 0 Å². The summed E-state index contributed by atoms with van der Waals surface area (Å²) in [5, 5.41) is 0. The Kier molecular flexibility index (Phi) is 4.25. The Labute approximate surface area is 121 Å². The highest BCUT2D eigenvalue weighted by molar-refractivity contribution is 5.68. The van der Waals surface area contributed by atoms with Crippen molar-refractivity contribution >= 4 is 12.2 Å². The Morgan fingerprint density at radius 1 is 0.773 bits per heavy atom. The van der Waals surface area contributed by atoms with Crippen LogP contribution < -0.4 is 0 Å². The molecule has 22 heavy (non-hydrogen) atoms. The van der Waals surface area contributed by atoms with E-state index in [0.29, 0.717) is 0 Å². The largest absolute Gasteiger partial charge is 0.433 e. The first-order valence-corrected chi connectivity index (χ1v) is 6.06. The first-order valence-electron chi connectivity index (χ1n) is 6.06. The summed E-state index contributed by atoms with van der Waals surface area (Å²) in [6.45, 7) is 0. The van der Waals surface area contributed by atoms with Crippen LogP contribution in [0, 0.1) is 0 Å². The quantitative estimate of drug-likeness (QED) is 0.686. The maximum atomic E-state index is 12.6. The molecule has 0 radical (unpaired) electrons. The van der Waals surface area contributed by atoms with Gasteiger partial charge in [0.05, 0.1) is 11.3 Å². The molecule has 0 amide bonds. The number of hydrogen-bond donors (Lipinski definition) is 0. The maximum absolute atomic E-state index is 12.6. The second kappa shape index (κ2) is 5.82. The Hall–Kier alpha value is -2.31. The molecule has 0 aliphatic heterocycles. The number of alkyl halides is 6. The van der Waals surface area contributed by atoms with Gasteiger partial charge in [-0.1, -0.05) is 24.3 Å². The van der Waals surface area contributed by atoms with E-state index in [1.165, 1.54) is 36.4 Å². The minimum absolute atomic E-state index is 0.00670. The second-order valence-electron chi connectivity index (χ2n) is 4.40. The molecule has 0 saturated heterocycles. The van der Waals surface area contributed by atoms with Gasteiger partial charge in [0.2, 0.25) is 0 Å². The molecule has 1 nitrogen and oxygen atoms in total. The van der Waals surface area contributed by atoms with Crippen LogP contribution in [-0.4, -0.2) is 4.98 Å². The summed E-state index contributed by atoms with van der Waals surface area (Å²) >= 11 is 0. The van der Waals surface area contributed by atoms with Crippen LogP contribution in [0.2, 0.25) is 0 Å². The van der Waals surface area contributed by atoms with E-state index in [-0.39, 0.29) is 11.3 Å². The van der Waals surface area contributed by atoms with E-state index in [2.05, 4.69) is 4.98 Å². The van der Waals surface area contributed by atoms with Gasteiger partial charge in [-0.05, 0) is 35.9 Å². The molecule has 0 unspecified atom stereocenters. The van der Waals surface area contributed by atoms with E-state index in [0.717, 1.165) is 18.2 Å².